The van der Waals surface area contributed by atoms with Crippen LogP contribution < -0.4 is 0 Å². The molecule has 0 aromatic carbocycles. The summed E-state index contributed by atoms with van der Waals surface area (Å²) in [6, 6.07) is 0. The lowest BCUT2D eigenvalue weighted by molar-refractivity contribution is 0.0605. The average molecular weight is 274 g/mol. The van der Waals surface area contributed by atoms with E-state index in [2.05, 4.69) is 20.7 Å². The van der Waals surface area contributed by atoms with Gasteiger partial charge in [0, 0.05) is 0 Å². The summed E-state index contributed by atoms with van der Waals surface area (Å²) in [6.07, 6.45) is 0. The van der Waals surface area contributed by atoms with E-state index in [1.165, 1.54) is 7.11 Å². The molecule has 12 heavy (non-hydrogen) atoms. The Hall–Kier alpha value is -0.130. The molecule has 0 aliphatic rings. The summed E-state index contributed by atoms with van der Waals surface area (Å²) in [4.78, 5) is 11.1. The van der Waals surface area contributed by atoms with E-state index >= 15 is 0 Å². The lowest BCUT2D eigenvalue weighted by Gasteiger charge is -1.93. The van der Waals surface area contributed by atoms with Crippen LogP contribution in [0.3, 0.4) is 0 Å². The molecular weight excluding hydrogens is 270 g/mol. The van der Waals surface area contributed by atoms with E-state index in [0.29, 0.717) is 11.3 Å². The quantitative estimate of drug-likeness (QED) is 0.735. The molecule has 0 spiro atoms. The molecule has 1 aromatic rings. The molecule has 6 heteroatoms. The molecule has 0 saturated heterocycles. The van der Waals surface area contributed by atoms with Crippen molar-refractivity contribution in [2.24, 2.45) is 0 Å². The van der Waals surface area contributed by atoms with Crippen molar-refractivity contribution in [2.75, 3.05) is 7.11 Å². The van der Waals surface area contributed by atoms with E-state index in [-0.39, 0.29) is 14.4 Å². The number of thiophene rings is 1. The lowest BCUT2D eigenvalue weighted by atomic mass is 10.5. The van der Waals surface area contributed by atoms with Gasteiger partial charge in [-0.1, -0.05) is 22.9 Å². The van der Waals surface area contributed by atoms with E-state index in [1.807, 2.05) is 0 Å². The fraction of sp³-hybridized carbons (Fsp3) is 0.167. The van der Waals surface area contributed by atoms with Gasteiger partial charge in [-0.2, -0.15) is 4.39 Å². The Balaban J connectivity index is 3.17. The molecule has 1 aromatic heterocycles. The zero-order chi connectivity index (χ0) is 9.30. The number of hydrogen-bond donors (Lipinski definition) is 0. The van der Waals surface area contributed by atoms with Crippen LogP contribution in [0.5, 0.6) is 0 Å². The number of halogens is 3. The van der Waals surface area contributed by atoms with Gasteiger partial charge in [-0.3, -0.25) is 0 Å². The molecule has 0 bridgehead atoms. The standard InChI is InChI=1S/C6H3BrClFO2S/c1-11-6(10)4-2(7)3(8)5(9)12-4/h1H3. The zero-order valence-corrected chi connectivity index (χ0v) is 9.02. The third kappa shape index (κ3) is 1.62. The van der Waals surface area contributed by atoms with Crippen molar-refractivity contribution in [2.45, 2.75) is 0 Å². The van der Waals surface area contributed by atoms with Crippen molar-refractivity contribution in [3.05, 3.63) is 19.5 Å². The maximum absolute atomic E-state index is 12.7. The van der Waals surface area contributed by atoms with Crippen LogP contribution in [-0.2, 0) is 4.74 Å². The van der Waals surface area contributed by atoms with Crippen LogP contribution in [-0.4, -0.2) is 13.1 Å². The summed E-state index contributed by atoms with van der Waals surface area (Å²) in [7, 11) is 1.22. The minimum atomic E-state index is -0.599. The molecule has 2 nitrogen and oxygen atoms in total. The van der Waals surface area contributed by atoms with E-state index in [0.717, 1.165) is 0 Å². The molecule has 0 fully saturated rings. The van der Waals surface area contributed by atoms with Crippen LogP contribution in [0.15, 0.2) is 4.47 Å². The van der Waals surface area contributed by atoms with Crippen LogP contribution >= 0.6 is 38.9 Å². The van der Waals surface area contributed by atoms with Gasteiger partial charge in [0.05, 0.1) is 11.6 Å². The van der Waals surface area contributed by atoms with Crippen molar-refractivity contribution in [1.29, 1.82) is 0 Å². The molecule has 0 amide bonds. The van der Waals surface area contributed by atoms with Gasteiger partial charge in [-0.05, 0) is 15.9 Å². The number of methoxy groups -OCH3 is 1. The summed E-state index contributed by atoms with van der Waals surface area (Å²) >= 11 is 9.11. The maximum Gasteiger partial charge on any atom is 0.349 e. The molecule has 0 N–H and O–H groups in total. The van der Waals surface area contributed by atoms with Crippen molar-refractivity contribution >= 4 is 44.8 Å². The predicted molar refractivity (Wildman–Crippen MR) is 48.3 cm³/mol. The molecule has 0 unspecified atom stereocenters. The molecule has 0 atom stereocenters. The third-order valence-corrected chi connectivity index (χ3v) is 3.84. The van der Waals surface area contributed by atoms with Gasteiger partial charge < -0.3 is 4.74 Å². The summed E-state index contributed by atoms with van der Waals surface area (Å²) in [6.45, 7) is 0. The largest absolute Gasteiger partial charge is 0.465 e. The molecular formula is C6H3BrClFO2S. The lowest BCUT2D eigenvalue weighted by Crippen LogP contribution is -1.98. The SMILES string of the molecule is COC(=O)c1sc(F)c(Cl)c1Br. The number of hydrogen-bond acceptors (Lipinski definition) is 3. The van der Waals surface area contributed by atoms with Gasteiger partial charge in [0.1, 0.15) is 9.90 Å². The first-order chi connectivity index (χ1) is 5.57. The molecule has 1 heterocycles. The van der Waals surface area contributed by atoms with E-state index in [9.17, 15) is 9.18 Å². The molecule has 66 valence electrons. The van der Waals surface area contributed by atoms with Gasteiger partial charge in [0.15, 0.2) is 5.13 Å². The minimum absolute atomic E-state index is 0.0830. The number of carbonyl (C=O) groups is 1. The van der Waals surface area contributed by atoms with Gasteiger partial charge >= 0.3 is 5.97 Å². The normalized spacial score (nSPS) is 10.0. The first kappa shape index (κ1) is 9.95. The van der Waals surface area contributed by atoms with Gasteiger partial charge in [0.2, 0.25) is 0 Å². The highest BCUT2D eigenvalue weighted by molar-refractivity contribution is 9.10. The Morgan fingerprint density at radius 3 is 2.67 bits per heavy atom. The van der Waals surface area contributed by atoms with E-state index in [4.69, 9.17) is 11.6 Å². The first-order valence-electron chi connectivity index (χ1n) is 2.79. The molecule has 0 aliphatic carbocycles. The van der Waals surface area contributed by atoms with Crippen LogP contribution in [0.1, 0.15) is 9.67 Å². The van der Waals surface area contributed by atoms with Crippen molar-refractivity contribution in [3.63, 3.8) is 0 Å². The van der Waals surface area contributed by atoms with Crippen LogP contribution in [0, 0.1) is 5.13 Å². The van der Waals surface area contributed by atoms with Crippen molar-refractivity contribution < 1.29 is 13.9 Å². The first-order valence-corrected chi connectivity index (χ1v) is 4.78. The van der Waals surface area contributed by atoms with Gasteiger partial charge in [-0.25, -0.2) is 4.79 Å². The summed E-state index contributed by atoms with van der Waals surface area (Å²) in [5.74, 6) is -0.599. The maximum atomic E-state index is 12.7. The summed E-state index contributed by atoms with van der Waals surface area (Å²) in [5.41, 5.74) is 0. The Morgan fingerprint density at radius 1 is 1.75 bits per heavy atom. The number of ether oxygens (including phenoxy) is 1. The molecule has 0 saturated carbocycles. The predicted octanol–water partition coefficient (Wildman–Crippen LogP) is 3.09. The fourth-order valence-corrected chi connectivity index (χ4v) is 2.29. The van der Waals surface area contributed by atoms with Crippen LogP contribution in [0.2, 0.25) is 5.02 Å². The molecule has 0 radical (unpaired) electrons. The summed E-state index contributed by atoms with van der Waals surface area (Å²) in [5, 5.41) is -0.677. The number of rotatable bonds is 1. The second kappa shape index (κ2) is 3.72. The fourth-order valence-electron chi connectivity index (χ4n) is 0.589. The van der Waals surface area contributed by atoms with E-state index in [1.54, 1.807) is 0 Å². The Kier molecular flexibility index (Phi) is 3.09. The second-order valence-corrected chi connectivity index (χ2v) is 3.97. The number of esters is 1. The van der Waals surface area contributed by atoms with Gasteiger partial charge in [-0.15, -0.1) is 0 Å². The zero-order valence-electron chi connectivity index (χ0n) is 5.86. The second-order valence-electron chi connectivity index (χ2n) is 1.82. The van der Waals surface area contributed by atoms with Crippen molar-refractivity contribution in [1.82, 2.24) is 0 Å². The minimum Gasteiger partial charge on any atom is -0.465 e. The molecule has 1 rings (SSSR count). The smallest absolute Gasteiger partial charge is 0.349 e. The highest BCUT2D eigenvalue weighted by Crippen LogP contribution is 2.36. The van der Waals surface area contributed by atoms with Crippen LogP contribution in [0.4, 0.5) is 4.39 Å². The third-order valence-electron chi connectivity index (χ3n) is 1.13. The van der Waals surface area contributed by atoms with Crippen LogP contribution in [0.25, 0.3) is 0 Å². The summed E-state index contributed by atoms with van der Waals surface area (Å²) < 4.78 is 17.4. The molecule has 0 aliphatic heterocycles. The monoisotopic (exact) mass is 272 g/mol. The number of carbonyl (C=O) groups excluding carboxylic acids is 1. The Bertz CT molecular complexity index is 326. The highest BCUT2D eigenvalue weighted by Gasteiger charge is 2.20. The van der Waals surface area contributed by atoms with Gasteiger partial charge in [0.25, 0.3) is 0 Å². The van der Waals surface area contributed by atoms with E-state index < -0.39 is 11.1 Å². The van der Waals surface area contributed by atoms with Crippen molar-refractivity contribution in [3.8, 4) is 0 Å². The Labute approximate surface area is 85.4 Å². The topological polar surface area (TPSA) is 26.3 Å². The highest BCUT2D eigenvalue weighted by atomic mass is 79.9. The average Bonchev–Trinajstić information content (AvgIpc) is 2.32. The Morgan fingerprint density at radius 2 is 2.33 bits per heavy atom.